The van der Waals surface area contributed by atoms with Crippen molar-refractivity contribution in [2.45, 2.75) is 4.90 Å². The maximum Gasteiger partial charge on any atom is 0.243 e. The summed E-state index contributed by atoms with van der Waals surface area (Å²) in [5, 5.41) is 0.804. The van der Waals surface area contributed by atoms with Crippen LogP contribution in [0.5, 0.6) is 11.5 Å². The molecule has 188 valence electrons. The van der Waals surface area contributed by atoms with E-state index < -0.39 is 10.0 Å². The summed E-state index contributed by atoms with van der Waals surface area (Å²) in [4.78, 5) is 11.3. The summed E-state index contributed by atoms with van der Waals surface area (Å²) in [5.74, 6) is 1.85. The molecule has 1 fully saturated rings. The third-order valence-corrected chi connectivity index (χ3v) is 7.60. The standard InChI is InChI=1S/C24H30N4O6S/c1-31-12-14-33-22-16-20-21(17-23(22)34-15-13-32-2)25-18-26-24(20)27-8-10-28(11-9-27)35(29,30)19-6-4-3-5-7-19/h3-7,16-18H,8-15H2,1-2H3. The summed E-state index contributed by atoms with van der Waals surface area (Å²) in [6.45, 7) is 3.34. The Balaban J connectivity index is 1.57. The number of sulfonamides is 1. The number of benzene rings is 2. The van der Waals surface area contributed by atoms with Crippen LogP contribution in [0.1, 0.15) is 0 Å². The predicted molar refractivity (Wildman–Crippen MR) is 132 cm³/mol. The Morgan fingerprint density at radius 2 is 1.46 bits per heavy atom. The van der Waals surface area contributed by atoms with Crippen molar-refractivity contribution in [2.75, 3.05) is 71.7 Å². The average molecular weight is 503 g/mol. The van der Waals surface area contributed by atoms with Gasteiger partial charge in [-0.15, -0.1) is 0 Å². The van der Waals surface area contributed by atoms with E-state index in [0.29, 0.717) is 74.5 Å². The molecule has 1 aliphatic heterocycles. The first-order valence-electron chi connectivity index (χ1n) is 11.4. The van der Waals surface area contributed by atoms with Crippen molar-refractivity contribution in [3.63, 3.8) is 0 Å². The minimum absolute atomic E-state index is 0.305. The van der Waals surface area contributed by atoms with Crippen LogP contribution in [-0.4, -0.2) is 89.5 Å². The first-order chi connectivity index (χ1) is 17.0. The highest BCUT2D eigenvalue weighted by atomic mass is 32.2. The number of aromatic nitrogens is 2. The molecular formula is C24H30N4O6S. The molecule has 35 heavy (non-hydrogen) atoms. The molecule has 0 atom stereocenters. The van der Waals surface area contributed by atoms with Gasteiger partial charge in [-0.3, -0.25) is 0 Å². The number of hydrogen-bond acceptors (Lipinski definition) is 9. The number of hydrogen-bond donors (Lipinski definition) is 0. The fourth-order valence-electron chi connectivity index (χ4n) is 3.88. The monoisotopic (exact) mass is 502 g/mol. The summed E-state index contributed by atoms with van der Waals surface area (Å²) in [6.07, 6.45) is 1.51. The number of piperazine rings is 1. The van der Waals surface area contributed by atoms with Crippen LogP contribution in [0.3, 0.4) is 0 Å². The van der Waals surface area contributed by atoms with E-state index in [0.717, 1.165) is 11.2 Å². The number of fused-ring (bicyclic) bond motifs is 1. The van der Waals surface area contributed by atoms with E-state index in [1.807, 2.05) is 12.1 Å². The lowest BCUT2D eigenvalue weighted by Crippen LogP contribution is -2.49. The van der Waals surface area contributed by atoms with Gasteiger partial charge in [-0.1, -0.05) is 18.2 Å². The molecule has 2 heterocycles. The highest BCUT2D eigenvalue weighted by molar-refractivity contribution is 7.89. The lowest BCUT2D eigenvalue weighted by molar-refractivity contribution is 0.132. The molecule has 4 rings (SSSR count). The van der Waals surface area contributed by atoms with Gasteiger partial charge >= 0.3 is 0 Å². The van der Waals surface area contributed by atoms with Crippen LogP contribution in [0.2, 0.25) is 0 Å². The van der Waals surface area contributed by atoms with Gasteiger partial charge in [0.2, 0.25) is 10.0 Å². The predicted octanol–water partition coefficient (Wildman–Crippen LogP) is 2.19. The first kappa shape index (κ1) is 25.1. The molecule has 1 saturated heterocycles. The molecule has 0 N–H and O–H groups in total. The van der Waals surface area contributed by atoms with Crippen molar-refractivity contribution in [1.29, 1.82) is 0 Å². The van der Waals surface area contributed by atoms with Crippen LogP contribution in [0.15, 0.2) is 53.7 Å². The molecule has 0 bridgehead atoms. The Hall–Kier alpha value is -2.99. The molecule has 2 aromatic carbocycles. The Morgan fingerprint density at radius 3 is 2.09 bits per heavy atom. The second kappa shape index (κ2) is 11.6. The number of anilines is 1. The Kier molecular flexibility index (Phi) is 8.34. The molecule has 1 aliphatic rings. The third kappa shape index (κ3) is 5.81. The minimum Gasteiger partial charge on any atom is -0.487 e. The van der Waals surface area contributed by atoms with Gasteiger partial charge < -0.3 is 23.8 Å². The van der Waals surface area contributed by atoms with Crippen molar-refractivity contribution in [2.24, 2.45) is 0 Å². The maximum atomic E-state index is 13.0. The van der Waals surface area contributed by atoms with E-state index in [1.54, 1.807) is 44.6 Å². The maximum absolute atomic E-state index is 13.0. The Bertz CT molecular complexity index is 1220. The van der Waals surface area contributed by atoms with Crippen molar-refractivity contribution in [1.82, 2.24) is 14.3 Å². The van der Waals surface area contributed by atoms with Crippen molar-refractivity contribution >= 4 is 26.7 Å². The van der Waals surface area contributed by atoms with E-state index in [1.165, 1.54) is 10.6 Å². The van der Waals surface area contributed by atoms with E-state index >= 15 is 0 Å². The van der Waals surface area contributed by atoms with Gasteiger partial charge in [-0.05, 0) is 18.2 Å². The van der Waals surface area contributed by atoms with Crippen LogP contribution in [0.25, 0.3) is 10.9 Å². The quantitative estimate of drug-likeness (QED) is 0.365. The molecule has 10 nitrogen and oxygen atoms in total. The molecule has 11 heteroatoms. The van der Waals surface area contributed by atoms with Gasteiger partial charge in [0.1, 0.15) is 25.4 Å². The van der Waals surface area contributed by atoms with Gasteiger partial charge in [-0.25, -0.2) is 18.4 Å². The lowest BCUT2D eigenvalue weighted by atomic mass is 10.2. The van der Waals surface area contributed by atoms with E-state index in [-0.39, 0.29) is 0 Å². The second-order valence-electron chi connectivity index (χ2n) is 7.90. The molecule has 1 aromatic heterocycles. The second-order valence-corrected chi connectivity index (χ2v) is 9.84. The smallest absolute Gasteiger partial charge is 0.243 e. The molecule has 0 aliphatic carbocycles. The summed E-state index contributed by atoms with van der Waals surface area (Å²) < 4.78 is 49.5. The van der Waals surface area contributed by atoms with Crippen LogP contribution < -0.4 is 14.4 Å². The van der Waals surface area contributed by atoms with Gasteiger partial charge in [0, 0.05) is 51.9 Å². The lowest BCUT2D eigenvalue weighted by Gasteiger charge is -2.35. The molecule has 0 spiro atoms. The van der Waals surface area contributed by atoms with Crippen LogP contribution in [0, 0.1) is 0 Å². The van der Waals surface area contributed by atoms with Crippen LogP contribution >= 0.6 is 0 Å². The van der Waals surface area contributed by atoms with Crippen molar-refractivity contribution in [3.05, 3.63) is 48.8 Å². The van der Waals surface area contributed by atoms with Gasteiger partial charge in [-0.2, -0.15) is 4.31 Å². The summed E-state index contributed by atoms with van der Waals surface area (Å²) >= 11 is 0. The summed E-state index contributed by atoms with van der Waals surface area (Å²) in [7, 11) is -0.302. The van der Waals surface area contributed by atoms with Gasteiger partial charge in [0.05, 0.1) is 23.6 Å². The zero-order valence-corrected chi connectivity index (χ0v) is 20.7. The zero-order chi connectivity index (χ0) is 24.7. The third-order valence-electron chi connectivity index (χ3n) is 5.69. The van der Waals surface area contributed by atoms with Gasteiger partial charge in [0.25, 0.3) is 0 Å². The number of rotatable bonds is 11. The normalized spacial score (nSPS) is 14.9. The fourth-order valence-corrected chi connectivity index (χ4v) is 5.32. The van der Waals surface area contributed by atoms with Crippen LogP contribution in [-0.2, 0) is 19.5 Å². The van der Waals surface area contributed by atoms with E-state index in [4.69, 9.17) is 18.9 Å². The molecule has 0 radical (unpaired) electrons. The summed E-state index contributed by atoms with van der Waals surface area (Å²) in [6, 6.07) is 12.2. The average Bonchev–Trinajstić information content (AvgIpc) is 2.89. The molecular weight excluding hydrogens is 472 g/mol. The number of ether oxygens (including phenoxy) is 4. The van der Waals surface area contributed by atoms with Crippen molar-refractivity contribution < 1.29 is 27.4 Å². The van der Waals surface area contributed by atoms with E-state index in [2.05, 4.69) is 14.9 Å². The SMILES string of the molecule is COCCOc1cc2ncnc(N3CCN(S(=O)(=O)c4ccccc4)CC3)c2cc1OCCOC. The zero-order valence-electron chi connectivity index (χ0n) is 19.9. The number of nitrogens with zero attached hydrogens (tertiary/aromatic N) is 4. The first-order valence-corrected chi connectivity index (χ1v) is 12.8. The molecule has 0 amide bonds. The number of methoxy groups -OCH3 is 2. The molecule has 0 unspecified atom stereocenters. The molecule has 3 aromatic rings. The molecule has 0 saturated carbocycles. The largest absolute Gasteiger partial charge is 0.487 e. The highest BCUT2D eigenvalue weighted by Gasteiger charge is 2.29. The van der Waals surface area contributed by atoms with Gasteiger partial charge in [0.15, 0.2) is 11.5 Å². The van der Waals surface area contributed by atoms with Crippen molar-refractivity contribution in [3.8, 4) is 11.5 Å². The topological polar surface area (TPSA) is 103 Å². The Labute approximate surface area is 205 Å². The fraction of sp³-hybridized carbons (Fsp3) is 0.417. The van der Waals surface area contributed by atoms with E-state index in [9.17, 15) is 8.42 Å². The van der Waals surface area contributed by atoms with Crippen LogP contribution in [0.4, 0.5) is 5.82 Å². The highest BCUT2D eigenvalue weighted by Crippen LogP contribution is 2.35. The summed E-state index contributed by atoms with van der Waals surface area (Å²) in [5.41, 5.74) is 0.709. The minimum atomic E-state index is -3.53. The Morgan fingerprint density at radius 1 is 0.829 bits per heavy atom.